The molecule has 2 aromatic carbocycles. The van der Waals surface area contributed by atoms with Gasteiger partial charge in [0.05, 0.1) is 31.0 Å². The number of amides is 1. The molecule has 0 aliphatic carbocycles. The molecule has 0 bridgehead atoms. The number of fused-ring (bicyclic) bond motifs is 1. The van der Waals surface area contributed by atoms with Crippen molar-refractivity contribution >= 4 is 45.2 Å². The Morgan fingerprint density at radius 2 is 1.84 bits per heavy atom. The fraction of sp³-hybridized carbons (Fsp3) is 0.318. The number of carbonyl (C=O) groups is 2. The summed E-state index contributed by atoms with van der Waals surface area (Å²) in [4.78, 5) is 30.2. The van der Waals surface area contributed by atoms with Gasteiger partial charge in [0.15, 0.2) is 4.80 Å². The topological polar surface area (TPSA) is 79.1 Å². The van der Waals surface area contributed by atoms with Gasteiger partial charge in [-0.3, -0.25) is 9.59 Å². The van der Waals surface area contributed by atoms with Crippen LogP contribution < -0.4 is 14.3 Å². The predicted octanol–water partition coefficient (Wildman–Crippen LogP) is 3.89. The lowest BCUT2D eigenvalue weighted by Gasteiger charge is -2.05. The van der Waals surface area contributed by atoms with Crippen LogP contribution in [0.4, 0.5) is 0 Å². The van der Waals surface area contributed by atoms with Crippen LogP contribution in [-0.4, -0.2) is 43.0 Å². The lowest BCUT2D eigenvalue weighted by Crippen LogP contribution is -2.22. The normalized spacial score (nSPS) is 11.5. The summed E-state index contributed by atoms with van der Waals surface area (Å²) in [6, 6.07) is 13.3. The first-order valence-corrected chi connectivity index (χ1v) is 11.5. The van der Waals surface area contributed by atoms with E-state index in [2.05, 4.69) is 4.99 Å². The maximum absolute atomic E-state index is 12.5. The third kappa shape index (κ3) is 6.11. The number of carbonyl (C=O) groups excluding carboxylic acids is 2. The zero-order valence-electron chi connectivity index (χ0n) is 17.6. The maximum Gasteiger partial charge on any atom is 0.325 e. The molecule has 0 aliphatic heterocycles. The molecule has 0 aliphatic rings. The van der Waals surface area contributed by atoms with E-state index < -0.39 is 5.97 Å². The highest BCUT2D eigenvalue weighted by Gasteiger charge is 2.13. The minimum atomic E-state index is -0.405. The van der Waals surface area contributed by atoms with Crippen LogP contribution in [0.15, 0.2) is 52.4 Å². The van der Waals surface area contributed by atoms with Crippen LogP contribution in [0.5, 0.6) is 11.5 Å². The van der Waals surface area contributed by atoms with Crippen LogP contribution in [0.3, 0.4) is 0 Å². The van der Waals surface area contributed by atoms with Gasteiger partial charge >= 0.3 is 5.97 Å². The Morgan fingerprint density at radius 3 is 2.52 bits per heavy atom. The largest absolute Gasteiger partial charge is 0.497 e. The van der Waals surface area contributed by atoms with Gasteiger partial charge in [-0.15, -0.1) is 11.8 Å². The molecule has 3 aromatic rings. The molecule has 9 heteroatoms. The summed E-state index contributed by atoms with van der Waals surface area (Å²) in [5.74, 6) is 1.48. The molecule has 3 rings (SSSR count). The molecule has 0 fully saturated rings. The molecule has 0 saturated carbocycles. The SMILES string of the molecule is CCOc1ccc2c(c1)sc(=NC(=O)CCSc1ccc(OC)cc1)n2CC(=O)OC. The van der Waals surface area contributed by atoms with Crippen LogP contribution >= 0.6 is 23.1 Å². The van der Waals surface area contributed by atoms with E-state index in [1.165, 1.54) is 18.4 Å². The van der Waals surface area contributed by atoms with Crippen molar-refractivity contribution in [3.63, 3.8) is 0 Å². The average molecular weight is 461 g/mol. The smallest absolute Gasteiger partial charge is 0.325 e. The molecule has 0 saturated heterocycles. The second-order valence-electron chi connectivity index (χ2n) is 6.39. The first kappa shape index (κ1) is 22.9. The van der Waals surface area contributed by atoms with Crippen molar-refractivity contribution in [2.24, 2.45) is 4.99 Å². The Balaban J connectivity index is 1.78. The van der Waals surface area contributed by atoms with Crippen molar-refractivity contribution in [3.8, 4) is 11.5 Å². The molecule has 7 nitrogen and oxygen atoms in total. The third-order valence-electron chi connectivity index (χ3n) is 4.34. The Kier molecular flexibility index (Phi) is 8.13. The summed E-state index contributed by atoms with van der Waals surface area (Å²) in [5.41, 5.74) is 0.804. The summed E-state index contributed by atoms with van der Waals surface area (Å²) in [7, 11) is 2.96. The third-order valence-corrected chi connectivity index (χ3v) is 6.40. The van der Waals surface area contributed by atoms with Crippen LogP contribution in [0.25, 0.3) is 10.2 Å². The van der Waals surface area contributed by atoms with Crippen LogP contribution in [0, 0.1) is 0 Å². The predicted molar refractivity (Wildman–Crippen MR) is 122 cm³/mol. The molecule has 0 unspecified atom stereocenters. The van der Waals surface area contributed by atoms with Gasteiger partial charge in [-0.1, -0.05) is 11.3 Å². The van der Waals surface area contributed by atoms with Crippen LogP contribution in [0.1, 0.15) is 13.3 Å². The minimum absolute atomic E-state index is 0.0167. The minimum Gasteiger partial charge on any atom is -0.497 e. The number of rotatable bonds is 9. The van der Waals surface area contributed by atoms with Gasteiger partial charge in [-0.05, 0) is 49.4 Å². The van der Waals surface area contributed by atoms with E-state index in [0.29, 0.717) is 17.2 Å². The summed E-state index contributed by atoms with van der Waals surface area (Å²) in [6.07, 6.45) is 0.285. The first-order chi connectivity index (χ1) is 15.0. The van der Waals surface area contributed by atoms with Gasteiger partial charge in [0.2, 0.25) is 5.91 Å². The van der Waals surface area contributed by atoms with Crippen molar-refractivity contribution in [1.82, 2.24) is 4.57 Å². The lowest BCUT2D eigenvalue weighted by molar-refractivity contribution is -0.141. The highest BCUT2D eigenvalue weighted by Crippen LogP contribution is 2.24. The van der Waals surface area contributed by atoms with Crippen molar-refractivity contribution in [3.05, 3.63) is 47.3 Å². The molecule has 1 heterocycles. The second-order valence-corrected chi connectivity index (χ2v) is 8.57. The molecule has 0 atom stereocenters. The van der Waals surface area contributed by atoms with E-state index in [1.54, 1.807) is 23.4 Å². The maximum atomic E-state index is 12.5. The van der Waals surface area contributed by atoms with Gasteiger partial charge < -0.3 is 18.8 Å². The quantitative estimate of drug-likeness (QED) is 0.356. The molecule has 1 aromatic heterocycles. The number of aromatic nitrogens is 1. The summed E-state index contributed by atoms with van der Waals surface area (Å²) in [6.45, 7) is 2.46. The summed E-state index contributed by atoms with van der Waals surface area (Å²) in [5, 5.41) is 0. The summed E-state index contributed by atoms with van der Waals surface area (Å²) < 4.78 is 18.1. The zero-order valence-corrected chi connectivity index (χ0v) is 19.3. The molecule has 164 valence electrons. The van der Waals surface area contributed by atoms with E-state index in [9.17, 15) is 9.59 Å². The van der Waals surface area contributed by atoms with Crippen molar-refractivity contribution in [1.29, 1.82) is 0 Å². The number of methoxy groups -OCH3 is 2. The Morgan fingerprint density at radius 1 is 1.10 bits per heavy atom. The number of hydrogen-bond acceptors (Lipinski definition) is 7. The standard InChI is InChI=1S/C22H24N2O5S2/c1-4-29-16-7-10-18-19(13-16)31-22(24(18)14-21(26)28-3)23-20(25)11-12-30-17-8-5-15(27-2)6-9-17/h5-10,13H,4,11-12,14H2,1-3H3. The highest BCUT2D eigenvalue weighted by atomic mass is 32.2. The molecule has 1 amide bonds. The van der Waals surface area contributed by atoms with Crippen LogP contribution in [-0.2, 0) is 20.9 Å². The first-order valence-electron chi connectivity index (χ1n) is 9.71. The molecular formula is C22H24N2O5S2. The highest BCUT2D eigenvalue weighted by molar-refractivity contribution is 7.99. The van der Waals surface area contributed by atoms with Gasteiger partial charge in [-0.2, -0.15) is 4.99 Å². The molecule has 31 heavy (non-hydrogen) atoms. The fourth-order valence-electron chi connectivity index (χ4n) is 2.83. The molecule has 0 spiro atoms. The van der Waals surface area contributed by atoms with Gasteiger partial charge in [0.1, 0.15) is 18.0 Å². The van der Waals surface area contributed by atoms with Gasteiger partial charge in [0, 0.05) is 17.1 Å². The number of benzene rings is 2. The van der Waals surface area contributed by atoms with Crippen molar-refractivity contribution in [2.75, 3.05) is 26.6 Å². The molecule has 0 radical (unpaired) electrons. The van der Waals surface area contributed by atoms with Gasteiger partial charge in [-0.25, -0.2) is 0 Å². The van der Waals surface area contributed by atoms with E-state index in [1.807, 2.05) is 49.4 Å². The second kappa shape index (κ2) is 11.0. The van der Waals surface area contributed by atoms with Crippen molar-refractivity contribution < 1.29 is 23.8 Å². The van der Waals surface area contributed by atoms with E-state index in [0.717, 1.165) is 26.6 Å². The molecular weight excluding hydrogens is 436 g/mol. The van der Waals surface area contributed by atoms with Gasteiger partial charge in [0.25, 0.3) is 0 Å². The van der Waals surface area contributed by atoms with Crippen LogP contribution in [0.2, 0.25) is 0 Å². The Labute approximate surface area is 188 Å². The lowest BCUT2D eigenvalue weighted by atomic mass is 10.3. The summed E-state index contributed by atoms with van der Waals surface area (Å²) >= 11 is 2.92. The van der Waals surface area contributed by atoms with E-state index in [-0.39, 0.29) is 18.9 Å². The average Bonchev–Trinajstić information content (AvgIpc) is 3.10. The van der Waals surface area contributed by atoms with Crippen molar-refractivity contribution in [2.45, 2.75) is 24.8 Å². The number of nitrogens with zero attached hydrogens (tertiary/aromatic N) is 2. The number of thioether (sulfide) groups is 1. The zero-order chi connectivity index (χ0) is 22.2. The van der Waals surface area contributed by atoms with E-state index >= 15 is 0 Å². The fourth-order valence-corrected chi connectivity index (χ4v) is 4.75. The Hall–Kier alpha value is -2.78. The number of esters is 1. The number of ether oxygens (including phenoxy) is 3. The monoisotopic (exact) mass is 460 g/mol. The Bertz CT molecular complexity index is 1120. The number of hydrogen-bond donors (Lipinski definition) is 0. The number of thiazole rings is 1. The van der Waals surface area contributed by atoms with E-state index in [4.69, 9.17) is 14.2 Å². The molecule has 0 N–H and O–H groups in total.